The molecule has 20 heavy (non-hydrogen) atoms. The lowest BCUT2D eigenvalue weighted by Crippen LogP contribution is -2.05. The first-order chi connectivity index (χ1) is 9.70. The van der Waals surface area contributed by atoms with Gasteiger partial charge in [0.1, 0.15) is 0 Å². The van der Waals surface area contributed by atoms with E-state index in [9.17, 15) is 9.59 Å². The number of rotatable bonds is 13. The van der Waals surface area contributed by atoms with Gasteiger partial charge < -0.3 is 9.47 Å². The van der Waals surface area contributed by atoms with Crippen LogP contribution in [-0.4, -0.2) is 59.7 Å². The molecule has 0 heterocycles. The van der Waals surface area contributed by atoms with Crippen LogP contribution in [0, 0.1) is 0 Å². The quantitative estimate of drug-likeness (QED) is 0.389. The first-order valence-corrected chi connectivity index (χ1v) is 9.62. The van der Waals surface area contributed by atoms with Crippen LogP contribution in [0.15, 0.2) is 0 Å². The maximum absolute atomic E-state index is 11.5. The minimum absolute atomic E-state index is 0.0414. The van der Waals surface area contributed by atoms with Crippen LogP contribution in [0.2, 0.25) is 0 Å². The van der Waals surface area contributed by atoms with Crippen LogP contribution < -0.4 is 0 Å². The Hall–Kier alpha value is 0.660. The Morgan fingerprint density at radius 2 is 1.15 bits per heavy atom. The van der Waals surface area contributed by atoms with Crippen molar-refractivity contribution in [3.63, 3.8) is 0 Å². The highest BCUT2D eigenvalue weighted by Gasteiger charge is 2.08. The van der Waals surface area contributed by atoms with Crippen LogP contribution in [0.25, 0.3) is 0 Å². The van der Waals surface area contributed by atoms with Crippen molar-refractivity contribution >= 4 is 59.0 Å². The summed E-state index contributed by atoms with van der Waals surface area (Å²) in [5, 5.41) is 0.0829. The second-order valence-electron chi connectivity index (χ2n) is 3.61. The summed E-state index contributed by atoms with van der Waals surface area (Å²) < 4.78 is 10.4. The molecule has 0 spiro atoms. The van der Waals surface area contributed by atoms with Crippen LogP contribution in [0.3, 0.4) is 0 Å². The highest BCUT2D eigenvalue weighted by atomic mass is 32.2. The van der Waals surface area contributed by atoms with Crippen LogP contribution in [-0.2, 0) is 19.1 Å². The second kappa shape index (κ2) is 16.0. The van der Waals surface area contributed by atoms with Gasteiger partial charge in [-0.3, -0.25) is 9.59 Å². The summed E-state index contributed by atoms with van der Waals surface area (Å²) in [4.78, 5) is 23.0. The van der Waals surface area contributed by atoms with Crippen molar-refractivity contribution in [3.05, 3.63) is 0 Å². The van der Waals surface area contributed by atoms with Gasteiger partial charge in [-0.1, -0.05) is 23.5 Å². The van der Waals surface area contributed by atoms with Gasteiger partial charge in [0, 0.05) is 35.9 Å². The molecule has 0 unspecified atom stereocenters. The van der Waals surface area contributed by atoms with E-state index in [4.69, 9.17) is 9.47 Å². The Balaban J connectivity index is 3.37. The Kier molecular flexibility index (Phi) is 16.6. The number of carbonyl (C=O) groups is 2. The first kappa shape index (κ1) is 20.7. The van der Waals surface area contributed by atoms with Crippen molar-refractivity contribution in [1.29, 1.82) is 0 Å². The zero-order valence-electron chi connectivity index (χ0n) is 11.4. The van der Waals surface area contributed by atoms with Crippen molar-refractivity contribution in [2.24, 2.45) is 0 Å². The van der Waals surface area contributed by atoms with Gasteiger partial charge in [-0.2, -0.15) is 25.3 Å². The van der Waals surface area contributed by atoms with Crippen LogP contribution in [0.5, 0.6) is 0 Å². The van der Waals surface area contributed by atoms with E-state index in [1.807, 2.05) is 0 Å². The van der Waals surface area contributed by atoms with Gasteiger partial charge in [0.25, 0.3) is 0 Å². The summed E-state index contributed by atoms with van der Waals surface area (Å²) in [6.45, 7) is 2.29. The van der Waals surface area contributed by atoms with Crippen LogP contribution in [0.4, 0.5) is 0 Å². The minimum Gasteiger partial charge on any atom is -0.380 e. The predicted octanol–water partition coefficient (Wildman–Crippen LogP) is 2.18. The second-order valence-corrected chi connectivity index (χ2v) is 6.81. The summed E-state index contributed by atoms with van der Waals surface area (Å²) in [5.74, 6) is 2.63. The van der Waals surface area contributed by atoms with E-state index in [1.165, 1.54) is 23.5 Å². The largest absolute Gasteiger partial charge is 0.380 e. The van der Waals surface area contributed by atoms with Crippen molar-refractivity contribution < 1.29 is 19.1 Å². The molecule has 8 heteroatoms. The molecule has 0 aromatic heterocycles. The number of ether oxygens (including phenoxy) is 2. The molecule has 0 bridgehead atoms. The Bertz CT molecular complexity index is 238. The number of hydrogen-bond donors (Lipinski definition) is 2. The van der Waals surface area contributed by atoms with Gasteiger partial charge in [0.2, 0.25) is 0 Å². The fraction of sp³-hybridized carbons (Fsp3) is 0.833. The maximum atomic E-state index is 11.5. The summed E-state index contributed by atoms with van der Waals surface area (Å²) in [6.07, 6.45) is 0.584. The molecular formula is C12H22O4S4. The highest BCUT2D eigenvalue weighted by Crippen LogP contribution is 2.12. The van der Waals surface area contributed by atoms with Crippen LogP contribution in [0.1, 0.15) is 12.8 Å². The number of hydrogen-bond acceptors (Lipinski definition) is 8. The minimum atomic E-state index is 0.0414. The molecule has 0 saturated carbocycles. The van der Waals surface area contributed by atoms with E-state index in [1.54, 1.807) is 0 Å². The molecule has 0 aliphatic rings. The molecule has 0 saturated heterocycles. The lowest BCUT2D eigenvalue weighted by atomic mass is 10.4. The highest BCUT2D eigenvalue weighted by molar-refractivity contribution is 8.14. The van der Waals surface area contributed by atoms with Gasteiger partial charge in [-0.15, -0.1) is 0 Å². The van der Waals surface area contributed by atoms with Crippen molar-refractivity contribution in [1.82, 2.24) is 0 Å². The molecule has 0 aliphatic heterocycles. The first-order valence-electron chi connectivity index (χ1n) is 6.39. The molecule has 0 rings (SSSR count). The molecule has 4 nitrogen and oxygen atoms in total. The van der Waals surface area contributed by atoms with Crippen molar-refractivity contribution in [2.75, 3.05) is 49.4 Å². The Morgan fingerprint density at radius 1 is 0.750 bits per heavy atom. The van der Waals surface area contributed by atoms with Gasteiger partial charge in [0.15, 0.2) is 10.2 Å². The fourth-order valence-electron chi connectivity index (χ4n) is 1.11. The fourth-order valence-corrected chi connectivity index (χ4v) is 2.72. The van der Waals surface area contributed by atoms with Gasteiger partial charge in [0.05, 0.1) is 26.4 Å². The van der Waals surface area contributed by atoms with Gasteiger partial charge >= 0.3 is 0 Å². The third-order valence-corrected chi connectivity index (χ3v) is 4.14. The third-order valence-electron chi connectivity index (χ3n) is 1.99. The average molecular weight is 359 g/mol. The van der Waals surface area contributed by atoms with E-state index in [0.29, 0.717) is 62.3 Å². The lowest BCUT2D eigenvalue weighted by molar-refractivity contribution is -0.115. The molecule has 0 amide bonds. The predicted molar refractivity (Wildman–Crippen MR) is 93.5 cm³/mol. The average Bonchev–Trinajstić information content (AvgIpc) is 2.44. The van der Waals surface area contributed by atoms with E-state index in [2.05, 4.69) is 25.3 Å². The number of thiol groups is 2. The Morgan fingerprint density at radius 3 is 1.50 bits per heavy atom. The molecular weight excluding hydrogens is 336 g/mol. The monoisotopic (exact) mass is 358 g/mol. The van der Waals surface area contributed by atoms with E-state index < -0.39 is 0 Å². The maximum Gasteiger partial charge on any atom is 0.189 e. The normalized spacial score (nSPS) is 10.7. The Labute approximate surface area is 140 Å². The zero-order valence-corrected chi connectivity index (χ0v) is 14.8. The molecule has 0 N–H and O–H groups in total. The molecule has 0 fully saturated rings. The lowest BCUT2D eigenvalue weighted by Gasteiger charge is -2.03. The zero-order chi connectivity index (χ0) is 15.1. The van der Waals surface area contributed by atoms with Gasteiger partial charge in [-0.25, -0.2) is 0 Å². The third kappa shape index (κ3) is 15.1. The van der Waals surface area contributed by atoms with Crippen molar-refractivity contribution in [3.8, 4) is 0 Å². The van der Waals surface area contributed by atoms with Crippen LogP contribution >= 0.6 is 48.8 Å². The summed E-state index contributed by atoms with van der Waals surface area (Å²) in [5.41, 5.74) is 0. The molecule has 0 aromatic rings. The number of carbonyl (C=O) groups excluding carboxylic acids is 2. The molecule has 0 aromatic carbocycles. The molecule has 0 aliphatic carbocycles. The standard InChI is InChI=1S/C12H22O4S4/c13-11(19-9-5-15-3-7-17)1-2-12(14)20-10-6-16-4-8-18/h17-18H,1-10H2. The van der Waals surface area contributed by atoms with E-state index in [-0.39, 0.29) is 10.2 Å². The molecule has 0 radical (unpaired) electrons. The van der Waals surface area contributed by atoms with E-state index in [0.717, 1.165) is 0 Å². The topological polar surface area (TPSA) is 52.6 Å². The summed E-state index contributed by atoms with van der Waals surface area (Å²) in [7, 11) is 0. The summed E-state index contributed by atoms with van der Waals surface area (Å²) >= 11 is 10.5. The smallest absolute Gasteiger partial charge is 0.189 e. The van der Waals surface area contributed by atoms with Crippen molar-refractivity contribution in [2.45, 2.75) is 12.8 Å². The molecule has 0 atom stereocenters. The number of thioether (sulfide) groups is 2. The SMILES string of the molecule is O=C(CCC(=O)SCCOCCS)SCCOCCS. The van der Waals surface area contributed by atoms with Gasteiger partial charge in [-0.05, 0) is 0 Å². The molecule has 118 valence electrons. The summed E-state index contributed by atoms with van der Waals surface area (Å²) in [6, 6.07) is 0. The van der Waals surface area contributed by atoms with E-state index >= 15 is 0 Å².